The fourth-order valence-corrected chi connectivity index (χ4v) is 3.60. The number of thioether (sulfide) groups is 1. The molecule has 0 amide bonds. The number of hydrogen-bond acceptors (Lipinski definition) is 3. The monoisotopic (exact) mass is 282 g/mol. The number of rotatable bonds is 6. The van der Waals surface area contributed by atoms with Gasteiger partial charge in [0.15, 0.2) is 5.78 Å². The summed E-state index contributed by atoms with van der Waals surface area (Å²) in [6.07, 6.45) is 5.20. The fraction of sp³-hybridized carbons (Fsp3) is 0.533. The van der Waals surface area contributed by atoms with E-state index in [0.29, 0.717) is 17.1 Å². The largest absolute Gasteiger partial charge is 0.496 e. The second kappa shape index (κ2) is 6.94. The summed E-state index contributed by atoms with van der Waals surface area (Å²) in [5.41, 5.74) is 0.349. The minimum absolute atomic E-state index is 0.0562. The molecule has 2 nitrogen and oxygen atoms in total. The van der Waals surface area contributed by atoms with Gasteiger partial charge in [0.05, 0.1) is 18.4 Å². The second-order valence-corrected chi connectivity index (χ2v) is 5.96. The normalized spacial score (nSPS) is 15.7. The minimum atomic E-state index is -0.398. The summed E-state index contributed by atoms with van der Waals surface area (Å²) in [4.78, 5) is 12.1. The Balaban J connectivity index is 1.89. The topological polar surface area (TPSA) is 26.3 Å². The minimum Gasteiger partial charge on any atom is -0.496 e. The van der Waals surface area contributed by atoms with E-state index in [4.69, 9.17) is 4.74 Å². The van der Waals surface area contributed by atoms with E-state index < -0.39 is 5.82 Å². The Morgan fingerprint density at radius 1 is 1.42 bits per heavy atom. The van der Waals surface area contributed by atoms with E-state index in [2.05, 4.69) is 0 Å². The number of benzene rings is 1. The maximum Gasteiger partial charge on any atom is 0.176 e. The number of hydrogen-bond donors (Lipinski definition) is 0. The third-order valence-electron chi connectivity index (χ3n) is 3.52. The summed E-state index contributed by atoms with van der Waals surface area (Å²) in [6.45, 7) is 0. The number of methoxy groups -OCH3 is 1. The molecule has 1 aromatic rings. The molecule has 0 heterocycles. The van der Waals surface area contributed by atoms with Crippen molar-refractivity contribution < 1.29 is 13.9 Å². The van der Waals surface area contributed by atoms with Crippen LogP contribution < -0.4 is 4.74 Å². The number of carbonyl (C=O) groups excluding carboxylic acids is 1. The highest BCUT2D eigenvalue weighted by Crippen LogP contribution is 2.28. The van der Waals surface area contributed by atoms with Gasteiger partial charge in [0.2, 0.25) is 0 Å². The van der Waals surface area contributed by atoms with Gasteiger partial charge in [-0.25, -0.2) is 4.39 Å². The lowest BCUT2D eigenvalue weighted by atomic mass is 10.1. The summed E-state index contributed by atoms with van der Waals surface area (Å²) in [5.74, 6) is 2.18. The Hall–Kier alpha value is -1.03. The molecule has 1 aromatic carbocycles. The molecule has 0 spiro atoms. The third kappa shape index (κ3) is 3.96. The van der Waals surface area contributed by atoms with Gasteiger partial charge in [-0.15, -0.1) is 0 Å². The zero-order valence-electron chi connectivity index (χ0n) is 11.2. The second-order valence-electron chi connectivity index (χ2n) is 4.93. The first kappa shape index (κ1) is 14.4. The molecular formula is C15H19FO2S. The lowest BCUT2D eigenvalue weighted by Crippen LogP contribution is -2.07. The number of ketones is 1. The van der Waals surface area contributed by atoms with Crippen LogP contribution in [0, 0.1) is 11.7 Å². The predicted molar refractivity (Wildman–Crippen MR) is 76.6 cm³/mol. The number of Topliss-reactive ketones (excluding diaryl/α,β-unsaturated/α-hetero) is 1. The van der Waals surface area contributed by atoms with Gasteiger partial charge >= 0.3 is 0 Å². The average molecular weight is 282 g/mol. The highest BCUT2D eigenvalue weighted by molar-refractivity contribution is 7.99. The van der Waals surface area contributed by atoms with Gasteiger partial charge in [0, 0.05) is 0 Å². The quantitative estimate of drug-likeness (QED) is 0.739. The molecule has 0 atom stereocenters. The Morgan fingerprint density at radius 3 is 2.84 bits per heavy atom. The van der Waals surface area contributed by atoms with E-state index in [1.165, 1.54) is 51.0 Å². The first-order chi connectivity index (χ1) is 9.20. The summed E-state index contributed by atoms with van der Waals surface area (Å²) in [6, 6.07) is 4.07. The molecule has 0 aliphatic heterocycles. The zero-order valence-corrected chi connectivity index (χ0v) is 12.0. The average Bonchev–Trinajstić information content (AvgIpc) is 2.91. The van der Waals surface area contributed by atoms with Crippen molar-refractivity contribution in [2.75, 3.05) is 18.6 Å². The van der Waals surface area contributed by atoms with Crippen LogP contribution in [-0.4, -0.2) is 24.4 Å². The van der Waals surface area contributed by atoms with Crippen LogP contribution >= 0.6 is 11.8 Å². The molecule has 0 N–H and O–H groups in total. The Kier molecular flexibility index (Phi) is 5.25. The van der Waals surface area contributed by atoms with Crippen molar-refractivity contribution in [1.82, 2.24) is 0 Å². The van der Waals surface area contributed by atoms with Gasteiger partial charge < -0.3 is 4.74 Å². The van der Waals surface area contributed by atoms with E-state index in [-0.39, 0.29) is 5.78 Å². The van der Waals surface area contributed by atoms with Gasteiger partial charge in [0.1, 0.15) is 11.6 Å². The molecule has 4 heteroatoms. The van der Waals surface area contributed by atoms with E-state index in [9.17, 15) is 9.18 Å². The van der Waals surface area contributed by atoms with Gasteiger partial charge in [-0.2, -0.15) is 11.8 Å². The van der Waals surface area contributed by atoms with Crippen LogP contribution in [0.4, 0.5) is 4.39 Å². The van der Waals surface area contributed by atoms with Crippen molar-refractivity contribution in [2.45, 2.75) is 25.7 Å². The smallest absolute Gasteiger partial charge is 0.176 e. The van der Waals surface area contributed by atoms with E-state index in [0.717, 1.165) is 11.7 Å². The molecule has 0 aromatic heterocycles. The summed E-state index contributed by atoms with van der Waals surface area (Å²) in [7, 11) is 1.50. The number of carbonyl (C=O) groups is 1. The standard InChI is InChI=1S/C15H19FO2S/c1-18-15-7-6-12(16)8-13(15)14(17)10-19-9-11-4-2-3-5-11/h6-8,11H,2-5,9-10H2,1H3. The molecule has 19 heavy (non-hydrogen) atoms. The molecule has 1 fully saturated rings. The molecule has 1 saturated carbocycles. The van der Waals surface area contributed by atoms with Gasteiger partial charge in [-0.1, -0.05) is 12.8 Å². The number of ether oxygens (including phenoxy) is 1. The lowest BCUT2D eigenvalue weighted by molar-refractivity contribution is 0.101. The highest BCUT2D eigenvalue weighted by Gasteiger charge is 2.17. The SMILES string of the molecule is COc1ccc(F)cc1C(=O)CSCC1CCCC1. The third-order valence-corrected chi connectivity index (χ3v) is 4.70. The maximum absolute atomic E-state index is 13.2. The Bertz CT molecular complexity index is 442. The summed E-state index contributed by atoms with van der Waals surface area (Å²) >= 11 is 1.65. The molecular weight excluding hydrogens is 263 g/mol. The van der Waals surface area contributed by atoms with Crippen molar-refractivity contribution in [2.24, 2.45) is 5.92 Å². The van der Waals surface area contributed by atoms with Crippen LogP contribution in [0.1, 0.15) is 36.0 Å². The number of halogens is 1. The zero-order chi connectivity index (χ0) is 13.7. The first-order valence-electron chi connectivity index (χ1n) is 6.65. The first-order valence-corrected chi connectivity index (χ1v) is 7.80. The molecule has 0 saturated heterocycles. The van der Waals surface area contributed by atoms with Gasteiger partial charge in [-0.05, 0) is 42.7 Å². The van der Waals surface area contributed by atoms with Gasteiger partial charge in [-0.3, -0.25) is 4.79 Å². The van der Waals surface area contributed by atoms with E-state index in [1.807, 2.05) is 0 Å². The lowest BCUT2D eigenvalue weighted by Gasteiger charge is -2.09. The van der Waals surface area contributed by atoms with Crippen molar-refractivity contribution in [3.63, 3.8) is 0 Å². The van der Waals surface area contributed by atoms with Gasteiger partial charge in [0.25, 0.3) is 0 Å². The summed E-state index contributed by atoms with van der Waals surface area (Å²) in [5, 5.41) is 0. The molecule has 104 valence electrons. The molecule has 0 bridgehead atoms. The van der Waals surface area contributed by atoms with Crippen molar-refractivity contribution >= 4 is 17.5 Å². The van der Waals surface area contributed by atoms with Crippen LogP contribution in [0.2, 0.25) is 0 Å². The van der Waals surface area contributed by atoms with Crippen LogP contribution in [0.3, 0.4) is 0 Å². The molecule has 1 aliphatic carbocycles. The van der Waals surface area contributed by atoms with Crippen LogP contribution in [0.15, 0.2) is 18.2 Å². The maximum atomic E-state index is 13.2. The fourth-order valence-electron chi connectivity index (χ4n) is 2.47. The highest BCUT2D eigenvalue weighted by atomic mass is 32.2. The molecule has 0 unspecified atom stereocenters. The van der Waals surface area contributed by atoms with E-state index in [1.54, 1.807) is 11.8 Å². The van der Waals surface area contributed by atoms with E-state index >= 15 is 0 Å². The van der Waals surface area contributed by atoms with Crippen molar-refractivity contribution in [3.8, 4) is 5.75 Å². The van der Waals surface area contributed by atoms with Crippen molar-refractivity contribution in [3.05, 3.63) is 29.6 Å². The predicted octanol–water partition coefficient (Wildman–Crippen LogP) is 3.94. The summed E-state index contributed by atoms with van der Waals surface area (Å²) < 4.78 is 18.3. The molecule has 0 radical (unpaired) electrons. The van der Waals surface area contributed by atoms with Crippen LogP contribution in [0.25, 0.3) is 0 Å². The molecule has 1 aliphatic rings. The Labute approximate surface area is 117 Å². The Morgan fingerprint density at radius 2 is 2.16 bits per heavy atom. The van der Waals surface area contributed by atoms with Crippen LogP contribution in [-0.2, 0) is 0 Å². The van der Waals surface area contributed by atoms with Crippen LogP contribution in [0.5, 0.6) is 5.75 Å². The molecule has 2 rings (SSSR count). The van der Waals surface area contributed by atoms with Crippen molar-refractivity contribution in [1.29, 1.82) is 0 Å².